The zero-order valence-electron chi connectivity index (χ0n) is 10.8. The lowest BCUT2D eigenvalue weighted by Gasteiger charge is -2.07. The van der Waals surface area contributed by atoms with Crippen LogP contribution in [-0.2, 0) is 12.3 Å². The second-order valence-corrected chi connectivity index (χ2v) is 4.61. The molecule has 2 aromatic rings. The van der Waals surface area contributed by atoms with Crippen LogP contribution in [0.3, 0.4) is 0 Å². The number of nitrogens with one attached hydrogen (secondary N) is 1. The van der Waals surface area contributed by atoms with Crippen LogP contribution in [0.5, 0.6) is 0 Å². The molecule has 1 N–H and O–H groups in total. The number of aryl methyl sites for hydroxylation is 1. The van der Waals surface area contributed by atoms with Crippen molar-refractivity contribution in [1.29, 1.82) is 0 Å². The zero-order chi connectivity index (χ0) is 13.7. The van der Waals surface area contributed by atoms with Gasteiger partial charge in [-0.2, -0.15) is 0 Å². The van der Waals surface area contributed by atoms with Crippen molar-refractivity contribution in [3.05, 3.63) is 65.2 Å². The molecule has 2 rings (SSSR count). The smallest absolute Gasteiger partial charge is 0.255 e. The highest BCUT2D eigenvalue weighted by molar-refractivity contribution is 6.17. The number of hydrogen-bond acceptors (Lipinski definition) is 1. The number of halogens is 1. The predicted octanol–water partition coefficient (Wildman–Crippen LogP) is 4.24. The molecule has 2 nitrogen and oxygen atoms in total. The fourth-order valence-electron chi connectivity index (χ4n) is 1.82. The Morgan fingerprint density at radius 2 is 1.84 bits per heavy atom. The van der Waals surface area contributed by atoms with Crippen molar-refractivity contribution >= 4 is 23.2 Å². The summed E-state index contributed by atoms with van der Waals surface area (Å²) in [5.74, 6) is 0.294. The minimum atomic E-state index is -0.115. The van der Waals surface area contributed by atoms with Crippen LogP contribution in [0.15, 0.2) is 48.5 Å². The van der Waals surface area contributed by atoms with Gasteiger partial charge in [0.25, 0.3) is 5.91 Å². The minimum Gasteiger partial charge on any atom is -0.322 e. The molecule has 98 valence electrons. The third-order valence-corrected chi connectivity index (χ3v) is 3.27. The fraction of sp³-hybridized carbons (Fsp3) is 0.188. The van der Waals surface area contributed by atoms with E-state index in [0.29, 0.717) is 11.4 Å². The van der Waals surface area contributed by atoms with Crippen LogP contribution in [0.25, 0.3) is 0 Å². The lowest BCUT2D eigenvalue weighted by molar-refractivity contribution is 0.102. The molecule has 0 spiro atoms. The second-order valence-electron chi connectivity index (χ2n) is 4.34. The number of hydrogen-bond donors (Lipinski definition) is 1. The first kappa shape index (κ1) is 13.6. The van der Waals surface area contributed by atoms with Gasteiger partial charge < -0.3 is 5.32 Å². The lowest BCUT2D eigenvalue weighted by atomic mass is 10.1. The molecule has 0 aliphatic heterocycles. The SMILES string of the molecule is CCc1ccc(NC(=O)c2cccc(CCl)c2)cc1. The van der Waals surface area contributed by atoms with E-state index in [-0.39, 0.29) is 5.91 Å². The second kappa shape index (κ2) is 6.39. The van der Waals surface area contributed by atoms with Crippen LogP contribution in [0.4, 0.5) is 5.69 Å². The molecule has 0 atom stereocenters. The molecule has 0 aliphatic carbocycles. The first-order valence-electron chi connectivity index (χ1n) is 6.28. The van der Waals surface area contributed by atoms with E-state index in [9.17, 15) is 4.79 Å². The van der Waals surface area contributed by atoms with Gasteiger partial charge in [0.05, 0.1) is 0 Å². The van der Waals surface area contributed by atoms with Crippen molar-refractivity contribution in [3.63, 3.8) is 0 Å². The van der Waals surface area contributed by atoms with Gasteiger partial charge in [-0.05, 0) is 41.8 Å². The molecule has 0 unspecified atom stereocenters. The van der Waals surface area contributed by atoms with Gasteiger partial charge in [0.1, 0.15) is 0 Å². The van der Waals surface area contributed by atoms with E-state index in [0.717, 1.165) is 17.7 Å². The van der Waals surface area contributed by atoms with E-state index in [1.54, 1.807) is 6.07 Å². The molecule has 19 heavy (non-hydrogen) atoms. The summed E-state index contributed by atoms with van der Waals surface area (Å²) in [5, 5.41) is 2.88. The Balaban J connectivity index is 2.11. The molecular weight excluding hydrogens is 258 g/mol. The number of anilines is 1. The Labute approximate surface area is 118 Å². The number of carbonyl (C=O) groups is 1. The topological polar surface area (TPSA) is 29.1 Å². The van der Waals surface area contributed by atoms with Crippen molar-refractivity contribution in [2.24, 2.45) is 0 Å². The van der Waals surface area contributed by atoms with Gasteiger partial charge in [-0.15, -0.1) is 11.6 Å². The summed E-state index contributed by atoms with van der Waals surface area (Å²) in [4.78, 5) is 12.1. The van der Waals surface area contributed by atoms with Gasteiger partial charge in [-0.1, -0.05) is 31.2 Å². The van der Waals surface area contributed by atoms with Gasteiger partial charge in [0.2, 0.25) is 0 Å². The van der Waals surface area contributed by atoms with E-state index in [4.69, 9.17) is 11.6 Å². The molecule has 0 saturated heterocycles. The molecule has 0 saturated carbocycles. The van der Waals surface area contributed by atoms with Crippen LogP contribution < -0.4 is 5.32 Å². The average molecular weight is 274 g/mol. The summed E-state index contributed by atoms with van der Waals surface area (Å²) in [5.41, 5.74) is 3.62. The summed E-state index contributed by atoms with van der Waals surface area (Å²) in [6.45, 7) is 2.10. The molecule has 0 fully saturated rings. The minimum absolute atomic E-state index is 0.115. The van der Waals surface area contributed by atoms with Crippen LogP contribution in [0, 0.1) is 0 Å². The Morgan fingerprint density at radius 3 is 2.47 bits per heavy atom. The highest BCUT2D eigenvalue weighted by Gasteiger charge is 2.06. The molecule has 0 aromatic heterocycles. The Morgan fingerprint density at radius 1 is 1.11 bits per heavy atom. The van der Waals surface area contributed by atoms with Gasteiger partial charge in [0.15, 0.2) is 0 Å². The van der Waals surface area contributed by atoms with Crippen molar-refractivity contribution in [1.82, 2.24) is 0 Å². The van der Waals surface area contributed by atoms with E-state index in [1.807, 2.05) is 42.5 Å². The van der Waals surface area contributed by atoms with Crippen LogP contribution in [-0.4, -0.2) is 5.91 Å². The first-order chi connectivity index (χ1) is 9.22. The summed E-state index contributed by atoms with van der Waals surface area (Å²) >= 11 is 5.77. The quantitative estimate of drug-likeness (QED) is 0.830. The van der Waals surface area contributed by atoms with Crippen LogP contribution >= 0.6 is 11.6 Å². The van der Waals surface area contributed by atoms with Gasteiger partial charge in [-0.25, -0.2) is 0 Å². The normalized spacial score (nSPS) is 10.2. The Hall–Kier alpha value is -1.80. The van der Waals surface area contributed by atoms with E-state index < -0.39 is 0 Å². The van der Waals surface area contributed by atoms with Gasteiger partial charge in [-0.3, -0.25) is 4.79 Å². The molecule has 2 aromatic carbocycles. The van der Waals surface area contributed by atoms with Gasteiger partial charge in [0, 0.05) is 17.1 Å². The molecule has 0 radical (unpaired) electrons. The van der Waals surface area contributed by atoms with Gasteiger partial charge >= 0.3 is 0 Å². The average Bonchev–Trinajstić information content (AvgIpc) is 2.48. The summed E-state index contributed by atoms with van der Waals surface area (Å²) in [6.07, 6.45) is 0.992. The van der Waals surface area contributed by atoms with E-state index >= 15 is 0 Å². The van der Waals surface area contributed by atoms with Crippen molar-refractivity contribution in [3.8, 4) is 0 Å². The highest BCUT2D eigenvalue weighted by Crippen LogP contribution is 2.13. The Kier molecular flexibility index (Phi) is 4.58. The summed E-state index contributed by atoms with van der Waals surface area (Å²) < 4.78 is 0. The number of carbonyl (C=O) groups excluding carboxylic acids is 1. The molecule has 3 heteroatoms. The third-order valence-electron chi connectivity index (χ3n) is 2.96. The fourth-order valence-corrected chi connectivity index (χ4v) is 1.99. The van der Waals surface area contributed by atoms with Crippen molar-refractivity contribution in [2.45, 2.75) is 19.2 Å². The van der Waals surface area contributed by atoms with E-state index in [1.165, 1.54) is 5.56 Å². The predicted molar refractivity (Wildman–Crippen MR) is 79.8 cm³/mol. The molecule has 0 bridgehead atoms. The van der Waals surface area contributed by atoms with Crippen molar-refractivity contribution in [2.75, 3.05) is 5.32 Å². The largest absolute Gasteiger partial charge is 0.322 e. The lowest BCUT2D eigenvalue weighted by Crippen LogP contribution is -2.12. The maximum atomic E-state index is 12.1. The van der Waals surface area contributed by atoms with Crippen LogP contribution in [0.2, 0.25) is 0 Å². The standard InChI is InChI=1S/C16H16ClNO/c1-2-12-6-8-15(9-7-12)18-16(19)14-5-3-4-13(10-14)11-17/h3-10H,2,11H2,1H3,(H,18,19). The molecule has 1 amide bonds. The first-order valence-corrected chi connectivity index (χ1v) is 6.81. The third kappa shape index (κ3) is 3.58. The number of alkyl halides is 1. The number of benzene rings is 2. The maximum absolute atomic E-state index is 12.1. The molecule has 0 heterocycles. The molecular formula is C16H16ClNO. The van der Waals surface area contributed by atoms with Crippen molar-refractivity contribution < 1.29 is 4.79 Å². The zero-order valence-corrected chi connectivity index (χ0v) is 11.6. The number of rotatable bonds is 4. The van der Waals surface area contributed by atoms with Crippen LogP contribution in [0.1, 0.15) is 28.4 Å². The summed E-state index contributed by atoms with van der Waals surface area (Å²) in [6, 6.07) is 15.2. The summed E-state index contributed by atoms with van der Waals surface area (Å²) in [7, 11) is 0. The number of amides is 1. The highest BCUT2D eigenvalue weighted by atomic mass is 35.5. The molecule has 0 aliphatic rings. The maximum Gasteiger partial charge on any atom is 0.255 e. The Bertz CT molecular complexity index is 563. The monoisotopic (exact) mass is 273 g/mol. The van der Waals surface area contributed by atoms with E-state index in [2.05, 4.69) is 12.2 Å².